The van der Waals surface area contributed by atoms with Crippen molar-refractivity contribution in [1.29, 1.82) is 0 Å². The largest absolute Gasteiger partial charge is 0.309 e. The van der Waals surface area contributed by atoms with E-state index in [4.69, 9.17) is 11.6 Å². The second kappa shape index (κ2) is 7.15. The molecule has 0 unspecified atom stereocenters. The number of hydrogen-bond acceptors (Lipinski definition) is 2. The van der Waals surface area contributed by atoms with Gasteiger partial charge in [-0.15, -0.1) is 23.4 Å². The van der Waals surface area contributed by atoms with Gasteiger partial charge in [-0.2, -0.15) is 0 Å². The van der Waals surface area contributed by atoms with E-state index in [1.807, 2.05) is 11.8 Å². The molecular weight excluding hydrogens is 226 g/mol. The highest BCUT2D eigenvalue weighted by Crippen LogP contribution is 2.19. The zero-order valence-corrected chi connectivity index (χ0v) is 10.9. The average molecular weight is 244 g/mol. The van der Waals surface area contributed by atoms with Gasteiger partial charge in [-0.1, -0.05) is 12.1 Å². The maximum absolute atomic E-state index is 5.73. The van der Waals surface area contributed by atoms with Crippen molar-refractivity contribution in [2.45, 2.75) is 17.2 Å². The van der Waals surface area contributed by atoms with Gasteiger partial charge in [-0.25, -0.2) is 0 Å². The van der Waals surface area contributed by atoms with E-state index in [0.29, 0.717) is 5.88 Å². The molecule has 0 fully saturated rings. The molecule has 0 radical (unpaired) electrons. The van der Waals surface area contributed by atoms with Crippen LogP contribution in [0.15, 0.2) is 29.2 Å². The molecule has 0 spiro atoms. The minimum absolute atomic E-state index is 0.603. The number of rotatable bonds is 6. The fourth-order valence-electron chi connectivity index (χ4n) is 1.25. The molecule has 3 heteroatoms. The van der Waals surface area contributed by atoms with Crippen LogP contribution >= 0.6 is 23.4 Å². The predicted octanol–water partition coefficient (Wildman–Crippen LogP) is 3.47. The summed E-state index contributed by atoms with van der Waals surface area (Å²) in [5.74, 6) is 1.78. The van der Waals surface area contributed by atoms with E-state index in [1.54, 1.807) is 0 Å². The van der Waals surface area contributed by atoms with E-state index in [2.05, 4.69) is 43.3 Å². The van der Waals surface area contributed by atoms with Gasteiger partial charge >= 0.3 is 0 Å². The third-order valence-corrected chi connectivity index (χ3v) is 3.50. The summed E-state index contributed by atoms with van der Waals surface area (Å²) in [6, 6.07) is 8.50. The molecule has 1 aromatic carbocycles. The second-order valence-corrected chi connectivity index (χ2v) is 5.22. The Bertz CT molecular complexity index is 271. The highest BCUT2D eigenvalue weighted by molar-refractivity contribution is 7.99. The normalized spacial score (nSPS) is 10.9. The quantitative estimate of drug-likeness (QED) is 0.428. The van der Waals surface area contributed by atoms with Crippen LogP contribution in [0, 0.1) is 0 Å². The number of nitrogens with zero attached hydrogens (tertiary/aromatic N) is 1. The van der Waals surface area contributed by atoms with Crippen molar-refractivity contribution in [2.75, 3.05) is 26.4 Å². The van der Waals surface area contributed by atoms with Gasteiger partial charge < -0.3 is 4.90 Å². The van der Waals surface area contributed by atoms with Crippen molar-refractivity contribution in [3.63, 3.8) is 0 Å². The zero-order valence-electron chi connectivity index (χ0n) is 9.37. The molecule has 0 saturated carbocycles. The van der Waals surface area contributed by atoms with Crippen molar-refractivity contribution >= 4 is 23.4 Å². The van der Waals surface area contributed by atoms with E-state index in [-0.39, 0.29) is 0 Å². The maximum atomic E-state index is 5.73. The minimum atomic E-state index is 0.603. The fraction of sp³-hybridized carbons (Fsp3) is 0.500. The SMILES string of the molecule is CN(C)CCCSc1ccc(CCl)cc1. The first-order valence-corrected chi connectivity index (χ1v) is 6.67. The van der Waals surface area contributed by atoms with Crippen LogP contribution in [0.2, 0.25) is 0 Å². The number of thioether (sulfide) groups is 1. The standard InChI is InChI=1S/C12H18ClNS/c1-14(2)8-3-9-15-12-6-4-11(10-13)5-7-12/h4-7H,3,8-10H2,1-2H3. The van der Waals surface area contributed by atoms with Crippen LogP contribution < -0.4 is 0 Å². The van der Waals surface area contributed by atoms with Gasteiger partial charge in [-0.05, 0) is 50.5 Å². The fourth-order valence-corrected chi connectivity index (χ4v) is 2.26. The highest BCUT2D eigenvalue weighted by atomic mass is 35.5. The Morgan fingerprint density at radius 2 is 1.87 bits per heavy atom. The van der Waals surface area contributed by atoms with Crippen LogP contribution in [0.25, 0.3) is 0 Å². The Morgan fingerprint density at radius 3 is 2.40 bits per heavy atom. The van der Waals surface area contributed by atoms with Gasteiger partial charge in [0.2, 0.25) is 0 Å². The van der Waals surface area contributed by atoms with Crippen LogP contribution in [0.1, 0.15) is 12.0 Å². The molecule has 0 bridgehead atoms. The molecule has 0 N–H and O–H groups in total. The molecule has 1 nitrogen and oxygen atoms in total. The summed E-state index contributed by atoms with van der Waals surface area (Å²) in [5, 5.41) is 0. The van der Waals surface area contributed by atoms with Gasteiger partial charge in [0.05, 0.1) is 0 Å². The Hall–Kier alpha value is -0.180. The monoisotopic (exact) mass is 243 g/mol. The van der Waals surface area contributed by atoms with Gasteiger partial charge in [0.1, 0.15) is 0 Å². The summed E-state index contributed by atoms with van der Waals surface area (Å²) in [6.45, 7) is 1.16. The first-order valence-electron chi connectivity index (χ1n) is 5.15. The van der Waals surface area contributed by atoms with Crippen molar-refractivity contribution in [1.82, 2.24) is 4.90 Å². The molecule has 0 atom stereocenters. The summed E-state index contributed by atoms with van der Waals surface area (Å²) >= 11 is 7.64. The van der Waals surface area contributed by atoms with Crippen LogP contribution in [-0.2, 0) is 5.88 Å². The van der Waals surface area contributed by atoms with Crippen LogP contribution in [0.3, 0.4) is 0 Å². The van der Waals surface area contributed by atoms with Gasteiger partial charge in [-0.3, -0.25) is 0 Å². The lowest BCUT2D eigenvalue weighted by Crippen LogP contribution is -2.13. The van der Waals surface area contributed by atoms with Crippen molar-refractivity contribution in [3.8, 4) is 0 Å². The molecule has 0 aliphatic rings. The molecule has 0 aromatic heterocycles. The highest BCUT2D eigenvalue weighted by Gasteiger charge is 1.96. The third kappa shape index (κ3) is 5.45. The molecule has 0 aliphatic carbocycles. The Labute approximate surface area is 102 Å². The van der Waals surface area contributed by atoms with E-state index in [0.717, 1.165) is 6.54 Å². The summed E-state index contributed by atoms with van der Waals surface area (Å²) in [4.78, 5) is 3.56. The molecule has 0 aliphatic heterocycles. The maximum Gasteiger partial charge on any atom is 0.0474 e. The van der Waals surface area contributed by atoms with Gasteiger partial charge in [0, 0.05) is 10.8 Å². The zero-order chi connectivity index (χ0) is 11.1. The van der Waals surface area contributed by atoms with Crippen LogP contribution in [0.5, 0.6) is 0 Å². The second-order valence-electron chi connectivity index (χ2n) is 3.78. The third-order valence-electron chi connectivity index (χ3n) is 2.10. The number of halogens is 1. The topological polar surface area (TPSA) is 3.24 Å². The molecule has 0 amide bonds. The van der Waals surface area contributed by atoms with E-state index >= 15 is 0 Å². The number of hydrogen-bond donors (Lipinski definition) is 0. The van der Waals surface area contributed by atoms with Crippen LogP contribution in [0.4, 0.5) is 0 Å². The summed E-state index contributed by atoms with van der Waals surface area (Å²) in [6.07, 6.45) is 1.23. The van der Waals surface area contributed by atoms with E-state index in [9.17, 15) is 0 Å². The average Bonchev–Trinajstić information content (AvgIpc) is 2.25. The van der Waals surface area contributed by atoms with Crippen molar-refractivity contribution in [2.24, 2.45) is 0 Å². The lowest BCUT2D eigenvalue weighted by Gasteiger charge is -2.08. The molecule has 84 valence electrons. The lowest BCUT2D eigenvalue weighted by molar-refractivity contribution is 0.410. The summed E-state index contributed by atoms with van der Waals surface area (Å²) in [5.41, 5.74) is 1.19. The minimum Gasteiger partial charge on any atom is -0.309 e. The first-order chi connectivity index (χ1) is 7.22. The van der Waals surface area contributed by atoms with Crippen molar-refractivity contribution in [3.05, 3.63) is 29.8 Å². The smallest absolute Gasteiger partial charge is 0.0474 e. The van der Waals surface area contributed by atoms with E-state index < -0.39 is 0 Å². The molecule has 15 heavy (non-hydrogen) atoms. The predicted molar refractivity (Wildman–Crippen MR) is 69.9 cm³/mol. The lowest BCUT2D eigenvalue weighted by atomic mass is 10.2. The Kier molecular flexibility index (Phi) is 6.15. The first kappa shape index (κ1) is 12.9. The Balaban J connectivity index is 2.25. The molecule has 1 aromatic rings. The van der Waals surface area contributed by atoms with E-state index in [1.165, 1.54) is 22.6 Å². The van der Waals surface area contributed by atoms with Gasteiger partial charge in [0.25, 0.3) is 0 Å². The Morgan fingerprint density at radius 1 is 1.20 bits per heavy atom. The van der Waals surface area contributed by atoms with Crippen LogP contribution in [-0.4, -0.2) is 31.3 Å². The summed E-state index contributed by atoms with van der Waals surface area (Å²) in [7, 11) is 4.22. The summed E-state index contributed by atoms with van der Waals surface area (Å²) < 4.78 is 0. The van der Waals surface area contributed by atoms with Crippen molar-refractivity contribution < 1.29 is 0 Å². The molecule has 0 heterocycles. The molecule has 0 saturated heterocycles. The number of benzene rings is 1. The number of alkyl halides is 1. The molecule has 1 rings (SSSR count). The molecular formula is C12H18ClNS. The van der Waals surface area contributed by atoms with Gasteiger partial charge in [0.15, 0.2) is 0 Å².